The van der Waals surface area contributed by atoms with Gasteiger partial charge in [0.25, 0.3) is 11.5 Å². The van der Waals surface area contributed by atoms with E-state index < -0.39 is 6.04 Å². The summed E-state index contributed by atoms with van der Waals surface area (Å²) in [6.45, 7) is 3.77. The van der Waals surface area contributed by atoms with Crippen LogP contribution < -0.4 is 24.9 Å². The number of allylic oxidation sites excluding steroid dienone is 1. The summed E-state index contributed by atoms with van der Waals surface area (Å²) in [5.41, 5.74) is 3.91. The van der Waals surface area contributed by atoms with Crippen LogP contribution >= 0.6 is 22.9 Å². The molecule has 1 aliphatic rings. The van der Waals surface area contributed by atoms with Gasteiger partial charge in [-0.15, -0.1) is 0 Å². The van der Waals surface area contributed by atoms with Crippen LogP contribution in [-0.4, -0.2) is 17.6 Å². The van der Waals surface area contributed by atoms with Crippen LogP contribution in [0.25, 0.3) is 17.4 Å². The maximum Gasteiger partial charge on any atom is 0.271 e. The molecule has 42 heavy (non-hydrogen) atoms. The van der Waals surface area contributed by atoms with Gasteiger partial charge in [-0.25, -0.2) is 4.99 Å². The molecule has 0 spiro atoms. The van der Waals surface area contributed by atoms with E-state index in [1.165, 1.54) is 11.3 Å². The average Bonchev–Trinajstić information content (AvgIpc) is 3.58. The molecule has 0 fully saturated rings. The number of aromatic nitrogens is 1. The highest BCUT2D eigenvalue weighted by Gasteiger charge is 2.32. The fourth-order valence-corrected chi connectivity index (χ4v) is 6.22. The van der Waals surface area contributed by atoms with Gasteiger partial charge in [-0.3, -0.25) is 14.2 Å². The molecule has 2 aromatic heterocycles. The number of hydrogen-bond donors (Lipinski definition) is 1. The van der Waals surface area contributed by atoms with E-state index in [0.717, 1.165) is 16.7 Å². The smallest absolute Gasteiger partial charge is 0.271 e. The molecule has 5 aromatic rings. The first-order chi connectivity index (χ1) is 20.3. The van der Waals surface area contributed by atoms with Gasteiger partial charge in [0.15, 0.2) is 4.80 Å². The Balaban J connectivity index is 1.47. The first-order valence-corrected chi connectivity index (χ1v) is 14.4. The number of anilines is 1. The van der Waals surface area contributed by atoms with Crippen LogP contribution in [0.2, 0.25) is 5.02 Å². The van der Waals surface area contributed by atoms with Gasteiger partial charge >= 0.3 is 0 Å². The summed E-state index contributed by atoms with van der Waals surface area (Å²) in [7, 11) is 1.58. The third-order valence-corrected chi connectivity index (χ3v) is 8.29. The first-order valence-electron chi connectivity index (χ1n) is 13.2. The van der Waals surface area contributed by atoms with Crippen molar-refractivity contribution in [2.75, 3.05) is 12.4 Å². The van der Waals surface area contributed by atoms with Crippen molar-refractivity contribution >= 4 is 40.6 Å². The highest BCUT2D eigenvalue weighted by atomic mass is 35.5. The zero-order valence-corrected chi connectivity index (χ0v) is 24.6. The Morgan fingerprint density at radius 1 is 1.05 bits per heavy atom. The minimum absolute atomic E-state index is 0.277. The van der Waals surface area contributed by atoms with Gasteiger partial charge in [0.05, 0.1) is 29.0 Å². The quantitative estimate of drug-likeness (QED) is 0.257. The number of fused-ring (bicyclic) bond motifs is 1. The average molecular weight is 596 g/mol. The fourth-order valence-electron chi connectivity index (χ4n) is 5.02. The number of carbonyl (C=O) groups excluding carboxylic acids is 1. The number of nitrogens with one attached hydrogen (secondary N) is 1. The monoisotopic (exact) mass is 595 g/mol. The third kappa shape index (κ3) is 5.22. The molecule has 3 aromatic carbocycles. The van der Waals surface area contributed by atoms with E-state index in [1.54, 1.807) is 24.7 Å². The van der Waals surface area contributed by atoms with Gasteiger partial charge in [0, 0.05) is 22.3 Å². The van der Waals surface area contributed by atoms with Crippen molar-refractivity contribution in [1.29, 1.82) is 0 Å². The second kappa shape index (κ2) is 11.3. The van der Waals surface area contributed by atoms with E-state index in [9.17, 15) is 9.59 Å². The van der Waals surface area contributed by atoms with E-state index in [1.807, 2.05) is 91.9 Å². The summed E-state index contributed by atoms with van der Waals surface area (Å²) in [4.78, 5) is 32.9. The Bertz CT molecular complexity index is 2040. The molecule has 0 bridgehead atoms. The van der Waals surface area contributed by atoms with E-state index in [2.05, 4.69) is 5.32 Å². The van der Waals surface area contributed by atoms with Gasteiger partial charge in [-0.05, 0) is 73.5 Å². The molecule has 1 N–H and O–H groups in total. The Labute approximate surface area is 250 Å². The van der Waals surface area contributed by atoms with E-state index in [-0.39, 0.29) is 11.5 Å². The number of aryl methyl sites for hydroxylation is 1. The summed E-state index contributed by atoms with van der Waals surface area (Å²) in [5.74, 6) is 1.45. The van der Waals surface area contributed by atoms with Crippen molar-refractivity contribution in [3.8, 4) is 17.1 Å². The first kappa shape index (κ1) is 27.5. The molecule has 7 nitrogen and oxygen atoms in total. The number of ether oxygens (including phenoxy) is 1. The number of nitrogens with zero attached hydrogens (tertiary/aromatic N) is 2. The Morgan fingerprint density at radius 3 is 2.64 bits per heavy atom. The molecular weight excluding hydrogens is 570 g/mol. The molecular formula is C33H26ClN3O4S. The van der Waals surface area contributed by atoms with E-state index in [4.69, 9.17) is 25.7 Å². The molecule has 1 atom stereocenters. The van der Waals surface area contributed by atoms with Crippen molar-refractivity contribution in [2.24, 2.45) is 4.99 Å². The number of rotatable bonds is 6. The predicted molar refractivity (Wildman–Crippen MR) is 166 cm³/mol. The topological polar surface area (TPSA) is 85.8 Å². The molecule has 0 aliphatic carbocycles. The predicted octanol–water partition coefficient (Wildman–Crippen LogP) is 6.10. The zero-order chi connectivity index (χ0) is 29.4. The minimum Gasteiger partial charge on any atom is -0.497 e. The van der Waals surface area contributed by atoms with Crippen LogP contribution in [-0.2, 0) is 4.79 Å². The molecule has 1 amide bonds. The van der Waals surface area contributed by atoms with Gasteiger partial charge < -0.3 is 14.5 Å². The molecule has 6 rings (SSSR count). The molecule has 1 aliphatic heterocycles. The summed E-state index contributed by atoms with van der Waals surface area (Å²) in [5, 5.41) is 3.57. The van der Waals surface area contributed by atoms with Gasteiger partial charge in [-0.1, -0.05) is 59.3 Å². The lowest BCUT2D eigenvalue weighted by molar-refractivity contribution is -0.113. The van der Waals surface area contributed by atoms with Crippen LogP contribution in [0.1, 0.15) is 29.9 Å². The number of benzene rings is 3. The number of hydrogen-bond acceptors (Lipinski definition) is 6. The summed E-state index contributed by atoms with van der Waals surface area (Å²) >= 11 is 7.46. The van der Waals surface area contributed by atoms with Gasteiger partial charge in [0.2, 0.25) is 0 Å². The number of furan rings is 1. The summed E-state index contributed by atoms with van der Waals surface area (Å²) in [6.07, 6.45) is 1.71. The summed E-state index contributed by atoms with van der Waals surface area (Å²) < 4.78 is 13.6. The highest BCUT2D eigenvalue weighted by Crippen LogP contribution is 2.33. The summed E-state index contributed by atoms with van der Waals surface area (Å²) in [6, 6.07) is 25.2. The number of halogens is 1. The minimum atomic E-state index is -0.719. The number of carbonyl (C=O) groups is 1. The normalized spacial score (nSPS) is 14.9. The van der Waals surface area contributed by atoms with Gasteiger partial charge in [-0.2, -0.15) is 0 Å². The standard InChI is InChI=1S/C33H26ClN3O4S/c1-19-12-13-22(34)17-26(19)27-15-14-25(41-27)18-28-32(39)37-30(21-8-7-11-24(16-21)40-3)29(20(2)35-33(37)42-28)31(38)36-23-9-5-4-6-10-23/h4-18,30H,1-3H3,(H,36,38)/b28-18-. The number of thiazole rings is 1. The van der Waals surface area contributed by atoms with Crippen LogP contribution in [0, 0.1) is 6.92 Å². The third-order valence-electron chi connectivity index (χ3n) is 7.07. The van der Waals surface area contributed by atoms with Crippen molar-refractivity contribution in [3.63, 3.8) is 0 Å². The Morgan fingerprint density at radius 2 is 1.86 bits per heavy atom. The molecule has 0 saturated heterocycles. The van der Waals surface area contributed by atoms with E-state index >= 15 is 0 Å². The Hall–Kier alpha value is -4.66. The van der Waals surface area contributed by atoms with Crippen LogP contribution in [0.5, 0.6) is 5.75 Å². The largest absolute Gasteiger partial charge is 0.497 e. The molecule has 9 heteroatoms. The van der Waals surface area contributed by atoms with Crippen molar-refractivity contribution in [3.05, 3.63) is 138 Å². The van der Waals surface area contributed by atoms with E-state index in [0.29, 0.717) is 48.6 Å². The number of amides is 1. The number of methoxy groups -OCH3 is 1. The van der Waals surface area contributed by atoms with Crippen LogP contribution in [0.4, 0.5) is 5.69 Å². The fraction of sp³-hybridized carbons (Fsp3) is 0.121. The van der Waals surface area contributed by atoms with Crippen LogP contribution in [0.15, 0.2) is 110 Å². The second-order valence-corrected chi connectivity index (χ2v) is 11.3. The number of para-hydroxylation sites is 1. The maximum atomic E-state index is 14.0. The molecule has 210 valence electrons. The van der Waals surface area contributed by atoms with Crippen LogP contribution in [0.3, 0.4) is 0 Å². The highest BCUT2D eigenvalue weighted by molar-refractivity contribution is 7.07. The zero-order valence-electron chi connectivity index (χ0n) is 23.1. The lowest BCUT2D eigenvalue weighted by Crippen LogP contribution is -2.40. The lowest BCUT2D eigenvalue weighted by atomic mass is 9.95. The SMILES string of the molecule is COc1cccc(C2C(C(=O)Nc3ccccc3)=C(C)N=c3s/c(=C\c4ccc(-c5cc(Cl)ccc5C)o4)c(=O)n32)c1. The lowest BCUT2D eigenvalue weighted by Gasteiger charge is -2.25. The maximum absolute atomic E-state index is 14.0. The second-order valence-electron chi connectivity index (χ2n) is 9.84. The van der Waals surface area contributed by atoms with Crippen molar-refractivity contribution in [1.82, 2.24) is 4.57 Å². The molecule has 3 heterocycles. The Kier molecular flexibility index (Phi) is 7.41. The molecule has 0 saturated carbocycles. The molecule has 0 radical (unpaired) electrons. The molecule has 1 unspecified atom stereocenters. The van der Waals surface area contributed by atoms with Gasteiger partial charge in [0.1, 0.15) is 17.3 Å². The van der Waals surface area contributed by atoms with Crippen molar-refractivity contribution < 1.29 is 13.9 Å². The van der Waals surface area contributed by atoms with Crippen molar-refractivity contribution in [2.45, 2.75) is 19.9 Å².